The van der Waals surface area contributed by atoms with Gasteiger partial charge in [-0.3, -0.25) is 0 Å². The Morgan fingerprint density at radius 1 is 1.05 bits per heavy atom. The van der Waals surface area contributed by atoms with Crippen molar-refractivity contribution in [1.29, 1.82) is 0 Å². The third-order valence-electron chi connectivity index (χ3n) is 3.27. The van der Waals surface area contributed by atoms with Gasteiger partial charge in [0.1, 0.15) is 0 Å². The molecule has 2 rings (SSSR count). The number of nitrogen functional groups attached to an aromatic ring is 1. The molecule has 0 aliphatic heterocycles. The molecular formula is C16H20N2O2S. The molecule has 2 aromatic rings. The van der Waals surface area contributed by atoms with E-state index in [1.54, 1.807) is 24.3 Å². The zero-order valence-corrected chi connectivity index (χ0v) is 13.0. The number of aryl methyl sites for hydroxylation is 1. The highest BCUT2D eigenvalue weighted by Crippen LogP contribution is 2.16. The number of sulfonamides is 1. The number of nitrogens with one attached hydrogen (secondary N) is 1. The normalized spacial score (nSPS) is 13.0. The van der Waals surface area contributed by atoms with Crippen LogP contribution in [0, 0.1) is 6.92 Å². The predicted octanol–water partition coefficient (Wildman–Crippen LogP) is 2.76. The van der Waals surface area contributed by atoms with Gasteiger partial charge in [-0.05, 0) is 37.1 Å². The van der Waals surface area contributed by atoms with E-state index in [1.807, 2.05) is 38.1 Å². The molecule has 1 atom stereocenters. The van der Waals surface area contributed by atoms with Crippen LogP contribution in [0.15, 0.2) is 48.5 Å². The summed E-state index contributed by atoms with van der Waals surface area (Å²) < 4.78 is 27.1. The Hall–Kier alpha value is -1.85. The van der Waals surface area contributed by atoms with Gasteiger partial charge in [-0.1, -0.05) is 42.0 Å². The SMILES string of the molecule is Cc1ccc(C(C)NS(=O)(=O)Cc2ccc(N)cc2)cc1. The Balaban J connectivity index is 2.06. The van der Waals surface area contributed by atoms with E-state index in [0.29, 0.717) is 11.3 Å². The molecule has 21 heavy (non-hydrogen) atoms. The van der Waals surface area contributed by atoms with E-state index in [-0.39, 0.29) is 11.8 Å². The van der Waals surface area contributed by atoms with Crippen molar-refractivity contribution in [3.8, 4) is 0 Å². The smallest absolute Gasteiger partial charge is 0.216 e. The molecule has 4 nitrogen and oxygen atoms in total. The van der Waals surface area contributed by atoms with Crippen molar-refractivity contribution in [2.45, 2.75) is 25.6 Å². The molecule has 0 bridgehead atoms. The van der Waals surface area contributed by atoms with Crippen molar-refractivity contribution < 1.29 is 8.42 Å². The fraction of sp³-hybridized carbons (Fsp3) is 0.250. The van der Waals surface area contributed by atoms with Crippen LogP contribution in [0.2, 0.25) is 0 Å². The van der Waals surface area contributed by atoms with E-state index in [2.05, 4.69) is 4.72 Å². The van der Waals surface area contributed by atoms with Gasteiger partial charge in [0.2, 0.25) is 10.0 Å². The summed E-state index contributed by atoms with van der Waals surface area (Å²) in [5.41, 5.74) is 9.03. The van der Waals surface area contributed by atoms with Gasteiger partial charge in [0.15, 0.2) is 0 Å². The summed E-state index contributed by atoms with van der Waals surface area (Å²) in [6.45, 7) is 3.84. The Morgan fingerprint density at radius 3 is 2.19 bits per heavy atom. The van der Waals surface area contributed by atoms with Gasteiger partial charge in [-0.25, -0.2) is 13.1 Å². The highest BCUT2D eigenvalue weighted by atomic mass is 32.2. The first kappa shape index (κ1) is 15.5. The molecule has 0 saturated carbocycles. The van der Waals surface area contributed by atoms with Gasteiger partial charge in [0.25, 0.3) is 0 Å². The number of nitrogens with two attached hydrogens (primary N) is 1. The van der Waals surface area contributed by atoms with Crippen LogP contribution in [0.5, 0.6) is 0 Å². The molecule has 0 aromatic heterocycles. The van der Waals surface area contributed by atoms with Crippen molar-refractivity contribution in [3.05, 3.63) is 65.2 Å². The molecule has 3 N–H and O–H groups in total. The molecule has 5 heteroatoms. The lowest BCUT2D eigenvalue weighted by atomic mass is 10.1. The summed E-state index contributed by atoms with van der Waals surface area (Å²) in [7, 11) is -3.40. The molecule has 0 fully saturated rings. The number of hydrogen-bond acceptors (Lipinski definition) is 3. The van der Waals surface area contributed by atoms with Crippen LogP contribution in [-0.4, -0.2) is 8.42 Å². The van der Waals surface area contributed by atoms with Crippen LogP contribution < -0.4 is 10.5 Å². The Morgan fingerprint density at radius 2 is 1.62 bits per heavy atom. The third kappa shape index (κ3) is 4.58. The quantitative estimate of drug-likeness (QED) is 0.834. The number of anilines is 1. The van der Waals surface area contributed by atoms with Crippen LogP contribution in [0.3, 0.4) is 0 Å². The zero-order chi connectivity index (χ0) is 15.5. The molecule has 0 spiro atoms. The highest BCUT2D eigenvalue weighted by Gasteiger charge is 2.16. The van der Waals surface area contributed by atoms with Crippen LogP contribution in [0.4, 0.5) is 5.69 Å². The molecule has 0 heterocycles. The van der Waals surface area contributed by atoms with Gasteiger partial charge in [0, 0.05) is 11.7 Å². The third-order valence-corrected chi connectivity index (χ3v) is 4.70. The van der Waals surface area contributed by atoms with E-state index < -0.39 is 10.0 Å². The first-order valence-electron chi connectivity index (χ1n) is 6.77. The maximum atomic E-state index is 12.2. The number of rotatable bonds is 5. The Kier molecular flexibility index (Phi) is 4.65. The van der Waals surface area contributed by atoms with Crippen molar-refractivity contribution in [2.24, 2.45) is 0 Å². The van der Waals surface area contributed by atoms with E-state index >= 15 is 0 Å². The monoisotopic (exact) mass is 304 g/mol. The maximum absolute atomic E-state index is 12.2. The summed E-state index contributed by atoms with van der Waals surface area (Å²) in [6, 6.07) is 14.4. The average Bonchev–Trinajstić information content (AvgIpc) is 2.41. The van der Waals surface area contributed by atoms with Crippen molar-refractivity contribution in [2.75, 3.05) is 5.73 Å². The van der Waals surface area contributed by atoms with Crippen molar-refractivity contribution in [3.63, 3.8) is 0 Å². The lowest BCUT2D eigenvalue weighted by Crippen LogP contribution is -2.28. The predicted molar refractivity (Wildman–Crippen MR) is 86.2 cm³/mol. The van der Waals surface area contributed by atoms with Gasteiger partial charge in [-0.15, -0.1) is 0 Å². The minimum Gasteiger partial charge on any atom is -0.399 e. The average molecular weight is 304 g/mol. The van der Waals surface area contributed by atoms with Gasteiger partial charge < -0.3 is 5.73 Å². The Labute approximate surface area is 126 Å². The van der Waals surface area contributed by atoms with Crippen molar-refractivity contribution in [1.82, 2.24) is 4.72 Å². The molecule has 0 aliphatic rings. The highest BCUT2D eigenvalue weighted by molar-refractivity contribution is 7.88. The first-order chi connectivity index (χ1) is 9.85. The summed E-state index contributed by atoms with van der Waals surface area (Å²) in [5, 5.41) is 0. The zero-order valence-electron chi connectivity index (χ0n) is 12.2. The first-order valence-corrected chi connectivity index (χ1v) is 8.42. The topological polar surface area (TPSA) is 72.2 Å². The second kappa shape index (κ2) is 6.28. The summed E-state index contributed by atoms with van der Waals surface area (Å²) in [4.78, 5) is 0. The second-order valence-electron chi connectivity index (χ2n) is 5.25. The minimum absolute atomic E-state index is 0.0521. The molecule has 0 aliphatic carbocycles. The fourth-order valence-electron chi connectivity index (χ4n) is 2.07. The fourth-order valence-corrected chi connectivity index (χ4v) is 3.46. The van der Waals surface area contributed by atoms with E-state index in [4.69, 9.17) is 5.73 Å². The maximum Gasteiger partial charge on any atom is 0.216 e. The van der Waals surface area contributed by atoms with Crippen LogP contribution in [0.1, 0.15) is 29.7 Å². The molecule has 0 saturated heterocycles. The number of hydrogen-bond donors (Lipinski definition) is 2. The minimum atomic E-state index is -3.40. The summed E-state index contributed by atoms with van der Waals surface area (Å²) in [5.74, 6) is -0.0521. The lowest BCUT2D eigenvalue weighted by Gasteiger charge is -2.15. The van der Waals surface area contributed by atoms with Crippen LogP contribution in [-0.2, 0) is 15.8 Å². The Bertz CT molecular complexity index is 692. The molecule has 2 aromatic carbocycles. The van der Waals surface area contributed by atoms with Gasteiger partial charge in [-0.2, -0.15) is 0 Å². The molecule has 112 valence electrons. The van der Waals surface area contributed by atoms with Crippen LogP contribution in [0.25, 0.3) is 0 Å². The van der Waals surface area contributed by atoms with E-state index in [1.165, 1.54) is 0 Å². The summed E-state index contributed by atoms with van der Waals surface area (Å²) in [6.07, 6.45) is 0. The van der Waals surface area contributed by atoms with E-state index in [9.17, 15) is 8.42 Å². The molecule has 0 radical (unpaired) electrons. The van der Waals surface area contributed by atoms with Gasteiger partial charge in [0.05, 0.1) is 5.75 Å². The van der Waals surface area contributed by atoms with Gasteiger partial charge >= 0.3 is 0 Å². The van der Waals surface area contributed by atoms with Crippen molar-refractivity contribution >= 4 is 15.7 Å². The number of benzene rings is 2. The summed E-state index contributed by atoms with van der Waals surface area (Å²) >= 11 is 0. The lowest BCUT2D eigenvalue weighted by molar-refractivity contribution is 0.566. The largest absolute Gasteiger partial charge is 0.399 e. The molecular weight excluding hydrogens is 284 g/mol. The van der Waals surface area contributed by atoms with Crippen LogP contribution >= 0.6 is 0 Å². The van der Waals surface area contributed by atoms with E-state index in [0.717, 1.165) is 11.1 Å². The standard InChI is InChI=1S/C16H20N2O2S/c1-12-3-7-15(8-4-12)13(2)18-21(19,20)11-14-5-9-16(17)10-6-14/h3-10,13,18H,11,17H2,1-2H3. The molecule has 1 unspecified atom stereocenters. The molecule has 0 amide bonds. The second-order valence-corrected chi connectivity index (χ2v) is 7.00.